The van der Waals surface area contributed by atoms with Crippen LogP contribution in [-0.4, -0.2) is 33.8 Å². The van der Waals surface area contributed by atoms with E-state index in [2.05, 4.69) is 63.6 Å². The molecule has 136 valence electrons. The molecule has 0 aliphatic heterocycles. The van der Waals surface area contributed by atoms with Crippen LogP contribution in [0, 0.1) is 0 Å². The monoisotopic (exact) mass is 454 g/mol. The number of benzene rings is 1. The van der Waals surface area contributed by atoms with Gasteiger partial charge >= 0.3 is 0 Å². The topological polar surface area (TPSA) is 67.1 Å². The molecule has 2 N–H and O–H groups in total. The molecule has 0 aliphatic rings. The fourth-order valence-electron chi connectivity index (χ4n) is 2.30. The van der Waals surface area contributed by atoms with Crippen molar-refractivity contribution in [2.75, 3.05) is 13.1 Å². The molecule has 0 bridgehead atoms. The van der Waals surface area contributed by atoms with E-state index in [0.29, 0.717) is 13.1 Å². The molecule has 7 heteroatoms. The van der Waals surface area contributed by atoms with Gasteiger partial charge in [-0.1, -0.05) is 36.4 Å². The second-order valence-corrected chi connectivity index (χ2v) is 5.38. The Balaban J connectivity index is 0.00000312. The van der Waals surface area contributed by atoms with E-state index in [1.807, 2.05) is 16.7 Å². The van der Waals surface area contributed by atoms with Crippen molar-refractivity contribution in [1.82, 2.24) is 25.4 Å². The average molecular weight is 454 g/mol. The highest BCUT2D eigenvalue weighted by Crippen LogP contribution is 2.01. The van der Waals surface area contributed by atoms with Crippen LogP contribution in [0.1, 0.15) is 24.7 Å². The van der Waals surface area contributed by atoms with Crippen molar-refractivity contribution >= 4 is 29.9 Å². The lowest BCUT2D eigenvalue weighted by molar-refractivity contribution is 0.692. The SMILES string of the molecule is C=CCNC(=NCc1nncn1CC)NCCCc1ccccc1.I. The van der Waals surface area contributed by atoms with E-state index >= 15 is 0 Å². The highest BCUT2D eigenvalue weighted by molar-refractivity contribution is 14.0. The molecule has 0 fully saturated rings. The molecule has 1 aromatic carbocycles. The van der Waals surface area contributed by atoms with Crippen molar-refractivity contribution in [2.24, 2.45) is 4.99 Å². The van der Waals surface area contributed by atoms with E-state index < -0.39 is 0 Å². The van der Waals surface area contributed by atoms with Gasteiger partial charge in [-0.15, -0.1) is 40.8 Å². The highest BCUT2D eigenvalue weighted by Gasteiger charge is 2.03. The van der Waals surface area contributed by atoms with E-state index in [9.17, 15) is 0 Å². The summed E-state index contributed by atoms with van der Waals surface area (Å²) in [7, 11) is 0. The van der Waals surface area contributed by atoms with Crippen molar-refractivity contribution in [2.45, 2.75) is 32.9 Å². The minimum absolute atomic E-state index is 0. The first kappa shape index (κ1) is 21.1. The van der Waals surface area contributed by atoms with Gasteiger partial charge in [0.1, 0.15) is 12.9 Å². The Kier molecular flexibility index (Phi) is 10.5. The molecule has 0 unspecified atom stereocenters. The number of guanidine groups is 1. The second kappa shape index (κ2) is 12.5. The number of hydrogen-bond donors (Lipinski definition) is 2. The van der Waals surface area contributed by atoms with Crippen molar-refractivity contribution in [3.8, 4) is 0 Å². The van der Waals surface area contributed by atoms with Crippen molar-refractivity contribution in [3.05, 3.63) is 60.7 Å². The van der Waals surface area contributed by atoms with Gasteiger partial charge in [0.25, 0.3) is 0 Å². The van der Waals surface area contributed by atoms with Crippen LogP contribution in [0.25, 0.3) is 0 Å². The standard InChI is InChI=1S/C18H26N6.HI/c1-3-12-19-18(21-14-17-23-22-15-24(17)4-2)20-13-8-11-16-9-6-5-7-10-16;/h3,5-7,9-10,15H,1,4,8,11-14H2,2H3,(H2,19,20,21);1H. The van der Waals surface area contributed by atoms with Crippen LogP contribution in [0.3, 0.4) is 0 Å². The van der Waals surface area contributed by atoms with E-state index in [1.165, 1.54) is 5.56 Å². The van der Waals surface area contributed by atoms with Gasteiger partial charge in [0, 0.05) is 19.6 Å². The molecular weight excluding hydrogens is 427 g/mol. The largest absolute Gasteiger partial charge is 0.356 e. The predicted octanol–water partition coefficient (Wildman–Crippen LogP) is 2.77. The van der Waals surface area contributed by atoms with Crippen LogP contribution >= 0.6 is 24.0 Å². The maximum Gasteiger partial charge on any atom is 0.191 e. The lowest BCUT2D eigenvalue weighted by atomic mass is 10.1. The zero-order valence-corrected chi connectivity index (χ0v) is 17.0. The Morgan fingerprint density at radius 1 is 1.28 bits per heavy atom. The number of rotatable bonds is 9. The van der Waals surface area contributed by atoms with Gasteiger partial charge in [0.2, 0.25) is 0 Å². The normalized spacial score (nSPS) is 10.8. The van der Waals surface area contributed by atoms with Crippen LogP contribution in [-0.2, 0) is 19.5 Å². The van der Waals surface area contributed by atoms with E-state index in [0.717, 1.165) is 37.7 Å². The molecule has 0 amide bonds. The molecule has 25 heavy (non-hydrogen) atoms. The molecule has 0 spiro atoms. The molecule has 1 aromatic heterocycles. The van der Waals surface area contributed by atoms with Crippen molar-refractivity contribution in [1.29, 1.82) is 0 Å². The number of aliphatic imine (C=N–C) groups is 1. The van der Waals surface area contributed by atoms with Gasteiger partial charge in [-0.05, 0) is 25.3 Å². The fourth-order valence-corrected chi connectivity index (χ4v) is 2.30. The Labute approximate surface area is 166 Å². The quantitative estimate of drug-likeness (QED) is 0.201. The fraction of sp³-hybridized carbons (Fsp3) is 0.389. The number of hydrogen-bond acceptors (Lipinski definition) is 3. The van der Waals surface area contributed by atoms with E-state index in [1.54, 1.807) is 6.33 Å². The molecular formula is C18H27IN6. The smallest absolute Gasteiger partial charge is 0.191 e. The number of nitrogens with zero attached hydrogens (tertiary/aromatic N) is 4. The third-order valence-electron chi connectivity index (χ3n) is 3.61. The molecule has 0 saturated heterocycles. The number of halogens is 1. The molecule has 6 nitrogen and oxygen atoms in total. The highest BCUT2D eigenvalue weighted by atomic mass is 127. The molecule has 0 radical (unpaired) electrons. The van der Waals surface area contributed by atoms with Crippen LogP contribution in [0.4, 0.5) is 0 Å². The first-order valence-electron chi connectivity index (χ1n) is 8.37. The molecule has 2 aromatic rings. The zero-order valence-electron chi connectivity index (χ0n) is 14.7. The van der Waals surface area contributed by atoms with Gasteiger partial charge in [-0.3, -0.25) is 0 Å². The molecule has 0 saturated carbocycles. The lowest BCUT2D eigenvalue weighted by Gasteiger charge is -2.11. The van der Waals surface area contributed by atoms with Gasteiger partial charge in [0.05, 0.1) is 0 Å². The van der Waals surface area contributed by atoms with Crippen LogP contribution in [0.5, 0.6) is 0 Å². The molecule has 1 heterocycles. The maximum atomic E-state index is 4.58. The van der Waals surface area contributed by atoms with Crippen molar-refractivity contribution in [3.63, 3.8) is 0 Å². The Hall–Kier alpha value is -1.90. The lowest BCUT2D eigenvalue weighted by Crippen LogP contribution is -2.38. The van der Waals surface area contributed by atoms with E-state index in [-0.39, 0.29) is 24.0 Å². The average Bonchev–Trinajstić information content (AvgIpc) is 3.08. The van der Waals surface area contributed by atoms with Crippen molar-refractivity contribution < 1.29 is 0 Å². The second-order valence-electron chi connectivity index (χ2n) is 5.38. The summed E-state index contributed by atoms with van der Waals surface area (Å²) in [6, 6.07) is 10.5. The predicted molar refractivity (Wildman–Crippen MR) is 113 cm³/mol. The number of aromatic nitrogens is 3. The van der Waals surface area contributed by atoms with E-state index in [4.69, 9.17) is 0 Å². The van der Waals surface area contributed by atoms with Gasteiger partial charge < -0.3 is 15.2 Å². The number of nitrogens with one attached hydrogen (secondary N) is 2. The minimum Gasteiger partial charge on any atom is -0.356 e. The van der Waals surface area contributed by atoms with Gasteiger partial charge in [-0.2, -0.15) is 0 Å². The molecule has 0 atom stereocenters. The Bertz CT molecular complexity index is 638. The Morgan fingerprint density at radius 2 is 2.08 bits per heavy atom. The summed E-state index contributed by atoms with van der Waals surface area (Å²) in [5, 5.41) is 14.6. The summed E-state index contributed by atoms with van der Waals surface area (Å²) in [4.78, 5) is 4.58. The number of aryl methyl sites for hydroxylation is 2. The summed E-state index contributed by atoms with van der Waals surface area (Å²) in [5.74, 6) is 1.63. The summed E-state index contributed by atoms with van der Waals surface area (Å²) in [5.41, 5.74) is 1.35. The minimum atomic E-state index is 0. The summed E-state index contributed by atoms with van der Waals surface area (Å²) >= 11 is 0. The zero-order chi connectivity index (χ0) is 17.0. The van der Waals surface area contributed by atoms with Gasteiger partial charge in [-0.25, -0.2) is 4.99 Å². The maximum absolute atomic E-state index is 4.58. The molecule has 0 aliphatic carbocycles. The first-order chi connectivity index (χ1) is 11.8. The van der Waals surface area contributed by atoms with Crippen LogP contribution in [0.15, 0.2) is 54.3 Å². The van der Waals surface area contributed by atoms with Crippen LogP contribution in [0.2, 0.25) is 0 Å². The summed E-state index contributed by atoms with van der Waals surface area (Å²) in [6.07, 6.45) is 5.64. The van der Waals surface area contributed by atoms with Gasteiger partial charge in [0.15, 0.2) is 11.8 Å². The van der Waals surface area contributed by atoms with Crippen LogP contribution < -0.4 is 10.6 Å². The first-order valence-corrected chi connectivity index (χ1v) is 8.37. The molecule has 2 rings (SSSR count). The Morgan fingerprint density at radius 3 is 2.80 bits per heavy atom. The third-order valence-corrected chi connectivity index (χ3v) is 3.61. The summed E-state index contributed by atoms with van der Waals surface area (Å²) < 4.78 is 1.99. The summed E-state index contributed by atoms with van der Waals surface area (Å²) in [6.45, 7) is 8.67. The third kappa shape index (κ3) is 7.68.